The van der Waals surface area contributed by atoms with Crippen molar-refractivity contribution in [3.8, 4) is 5.75 Å². The highest BCUT2D eigenvalue weighted by atomic mass is 16.5. The van der Waals surface area contributed by atoms with Gasteiger partial charge in [0.15, 0.2) is 5.75 Å². The smallest absolute Gasteiger partial charge is 0.339 e. The minimum atomic E-state index is -0.990. The lowest BCUT2D eigenvalue weighted by Gasteiger charge is -2.04. The minimum Gasteiger partial charge on any atom is -0.491 e. The molecule has 0 aliphatic carbocycles. The van der Waals surface area contributed by atoms with Crippen molar-refractivity contribution in [2.75, 3.05) is 6.61 Å². The van der Waals surface area contributed by atoms with E-state index in [1.54, 1.807) is 24.1 Å². The van der Waals surface area contributed by atoms with E-state index in [1.807, 2.05) is 6.92 Å². The molecule has 2 rings (SSSR count). The van der Waals surface area contributed by atoms with Gasteiger partial charge >= 0.3 is 5.97 Å². The number of aromatic carboxylic acids is 1. The highest BCUT2D eigenvalue weighted by Gasteiger charge is 2.15. The van der Waals surface area contributed by atoms with Crippen LogP contribution < -0.4 is 4.74 Å². The van der Waals surface area contributed by atoms with E-state index in [9.17, 15) is 4.79 Å². The van der Waals surface area contributed by atoms with Crippen LogP contribution in [0.1, 0.15) is 23.0 Å². The summed E-state index contributed by atoms with van der Waals surface area (Å²) in [6.45, 7) is 2.80. The van der Waals surface area contributed by atoms with Gasteiger partial charge in [0.05, 0.1) is 37.4 Å². The lowest BCUT2D eigenvalue weighted by atomic mass is 10.2. The van der Waals surface area contributed by atoms with Crippen molar-refractivity contribution < 1.29 is 14.6 Å². The topological polar surface area (TPSA) is 82.2 Å². The summed E-state index contributed by atoms with van der Waals surface area (Å²) in [6.07, 6.45) is 4.66. The zero-order chi connectivity index (χ0) is 13.1. The van der Waals surface area contributed by atoms with E-state index in [4.69, 9.17) is 9.84 Å². The molecule has 0 aromatic carbocycles. The summed E-state index contributed by atoms with van der Waals surface area (Å²) in [5.41, 5.74) is 0.777. The van der Waals surface area contributed by atoms with Gasteiger partial charge in [0.25, 0.3) is 0 Å². The molecule has 96 valence electrons. The van der Waals surface area contributed by atoms with Crippen molar-refractivity contribution in [1.29, 1.82) is 0 Å². The van der Waals surface area contributed by atoms with Gasteiger partial charge in [0.2, 0.25) is 0 Å². The Morgan fingerprint density at radius 1 is 1.44 bits per heavy atom. The molecule has 0 unspecified atom stereocenters. The van der Waals surface area contributed by atoms with Gasteiger partial charge in [-0.25, -0.2) is 4.79 Å². The number of hydrogen-bond donors (Lipinski definition) is 1. The summed E-state index contributed by atoms with van der Waals surface area (Å²) in [5.74, 6) is -0.327. The first-order valence-electron chi connectivity index (χ1n) is 5.51. The Hall–Kier alpha value is -2.31. The molecule has 2 aromatic rings. The summed E-state index contributed by atoms with van der Waals surface area (Å²) in [4.78, 5) is 11.0. The van der Waals surface area contributed by atoms with Crippen molar-refractivity contribution in [3.05, 3.63) is 29.8 Å². The van der Waals surface area contributed by atoms with E-state index in [0.29, 0.717) is 24.6 Å². The summed E-state index contributed by atoms with van der Waals surface area (Å²) in [6, 6.07) is 0. The maximum absolute atomic E-state index is 11.0. The summed E-state index contributed by atoms with van der Waals surface area (Å²) in [7, 11) is 1.70. The van der Waals surface area contributed by atoms with Gasteiger partial charge in [0.1, 0.15) is 5.56 Å². The number of carbonyl (C=O) groups is 1. The predicted molar refractivity (Wildman–Crippen MR) is 62.7 cm³/mol. The van der Waals surface area contributed by atoms with Crippen LogP contribution in [-0.4, -0.2) is 37.2 Å². The maximum Gasteiger partial charge on any atom is 0.339 e. The SMILES string of the molecule is CCOc1cnn(Cc2c(C(=O)O)cnn2C)c1. The molecule has 0 fully saturated rings. The van der Waals surface area contributed by atoms with E-state index in [-0.39, 0.29) is 5.56 Å². The van der Waals surface area contributed by atoms with E-state index >= 15 is 0 Å². The van der Waals surface area contributed by atoms with Gasteiger partial charge in [-0.15, -0.1) is 0 Å². The molecule has 0 spiro atoms. The second kappa shape index (κ2) is 4.91. The third-order valence-electron chi connectivity index (χ3n) is 2.52. The Balaban J connectivity index is 2.22. The first-order chi connectivity index (χ1) is 8.61. The fourth-order valence-corrected chi connectivity index (χ4v) is 1.65. The average molecular weight is 250 g/mol. The summed E-state index contributed by atoms with van der Waals surface area (Å²) >= 11 is 0. The van der Waals surface area contributed by atoms with Crippen LogP contribution in [0.5, 0.6) is 5.75 Å². The number of aryl methyl sites for hydroxylation is 1. The van der Waals surface area contributed by atoms with Crippen LogP contribution in [0.4, 0.5) is 0 Å². The quantitative estimate of drug-likeness (QED) is 0.847. The van der Waals surface area contributed by atoms with E-state index in [0.717, 1.165) is 0 Å². The number of carboxylic acid groups (broad SMARTS) is 1. The lowest BCUT2D eigenvalue weighted by Crippen LogP contribution is -2.10. The van der Waals surface area contributed by atoms with Crippen molar-refractivity contribution in [2.24, 2.45) is 7.05 Å². The monoisotopic (exact) mass is 250 g/mol. The van der Waals surface area contributed by atoms with Gasteiger partial charge < -0.3 is 9.84 Å². The van der Waals surface area contributed by atoms with E-state index in [1.165, 1.54) is 10.9 Å². The van der Waals surface area contributed by atoms with Crippen molar-refractivity contribution in [1.82, 2.24) is 19.6 Å². The minimum absolute atomic E-state index is 0.186. The molecule has 2 aromatic heterocycles. The molecule has 7 heteroatoms. The molecule has 0 saturated carbocycles. The zero-order valence-electron chi connectivity index (χ0n) is 10.2. The number of ether oxygens (including phenoxy) is 1. The molecule has 0 aliphatic heterocycles. The molecule has 2 heterocycles. The number of aromatic nitrogens is 4. The van der Waals surface area contributed by atoms with Crippen molar-refractivity contribution >= 4 is 5.97 Å². The summed E-state index contributed by atoms with van der Waals surface area (Å²) in [5, 5.41) is 17.1. The summed E-state index contributed by atoms with van der Waals surface area (Å²) < 4.78 is 8.44. The van der Waals surface area contributed by atoms with Crippen molar-refractivity contribution in [3.63, 3.8) is 0 Å². The van der Waals surface area contributed by atoms with E-state index < -0.39 is 5.97 Å². The molecule has 0 radical (unpaired) electrons. The number of hydrogen-bond acceptors (Lipinski definition) is 4. The molecular formula is C11H14N4O3. The molecule has 1 N–H and O–H groups in total. The van der Waals surface area contributed by atoms with Gasteiger partial charge in [-0.05, 0) is 6.92 Å². The second-order valence-corrected chi connectivity index (χ2v) is 3.74. The van der Waals surface area contributed by atoms with Crippen LogP contribution in [-0.2, 0) is 13.6 Å². The van der Waals surface area contributed by atoms with Gasteiger partial charge in [-0.2, -0.15) is 10.2 Å². The molecule has 0 aliphatic rings. The lowest BCUT2D eigenvalue weighted by molar-refractivity contribution is 0.0695. The van der Waals surface area contributed by atoms with Crippen LogP contribution in [0, 0.1) is 0 Å². The fourth-order valence-electron chi connectivity index (χ4n) is 1.65. The van der Waals surface area contributed by atoms with Gasteiger partial charge in [0, 0.05) is 7.05 Å². The Labute approximate surface area is 104 Å². The highest BCUT2D eigenvalue weighted by Crippen LogP contribution is 2.13. The van der Waals surface area contributed by atoms with Gasteiger partial charge in [-0.1, -0.05) is 0 Å². The molecule has 0 atom stereocenters. The van der Waals surface area contributed by atoms with Crippen LogP contribution in [0.25, 0.3) is 0 Å². The normalized spacial score (nSPS) is 10.6. The van der Waals surface area contributed by atoms with Crippen LogP contribution in [0.15, 0.2) is 18.6 Å². The first kappa shape index (κ1) is 12.2. The molecule has 0 bridgehead atoms. The average Bonchev–Trinajstić information content (AvgIpc) is 2.89. The van der Waals surface area contributed by atoms with Gasteiger partial charge in [-0.3, -0.25) is 9.36 Å². The van der Waals surface area contributed by atoms with Crippen LogP contribution in [0.3, 0.4) is 0 Å². The van der Waals surface area contributed by atoms with E-state index in [2.05, 4.69) is 10.2 Å². The zero-order valence-corrected chi connectivity index (χ0v) is 10.2. The third-order valence-corrected chi connectivity index (χ3v) is 2.52. The number of nitrogens with zero attached hydrogens (tertiary/aromatic N) is 4. The fraction of sp³-hybridized carbons (Fsp3) is 0.364. The third kappa shape index (κ3) is 2.34. The highest BCUT2D eigenvalue weighted by molar-refractivity contribution is 5.88. The van der Waals surface area contributed by atoms with Crippen LogP contribution >= 0.6 is 0 Å². The first-order valence-corrected chi connectivity index (χ1v) is 5.51. The Bertz CT molecular complexity index is 558. The Kier molecular flexibility index (Phi) is 3.31. The van der Waals surface area contributed by atoms with Crippen molar-refractivity contribution in [2.45, 2.75) is 13.5 Å². The molecule has 0 saturated heterocycles. The standard InChI is InChI=1S/C11H14N4O3/c1-3-18-8-4-13-15(6-8)7-10-9(11(16)17)5-12-14(10)2/h4-6H,3,7H2,1-2H3,(H,16,17). The van der Waals surface area contributed by atoms with Crippen LogP contribution in [0.2, 0.25) is 0 Å². The Morgan fingerprint density at radius 2 is 2.22 bits per heavy atom. The second-order valence-electron chi connectivity index (χ2n) is 3.74. The molecule has 7 nitrogen and oxygen atoms in total. The maximum atomic E-state index is 11.0. The molecule has 0 amide bonds. The largest absolute Gasteiger partial charge is 0.491 e. The molecule has 18 heavy (non-hydrogen) atoms. The number of carboxylic acids is 1. The predicted octanol–water partition coefficient (Wildman–Crippen LogP) is 0.762. The molecular weight excluding hydrogens is 236 g/mol. The Morgan fingerprint density at radius 3 is 2.89 bits per heavy atom. The number of rotatable bonds is 5.